The Kier molecular flexibility index (Phi) is 2.75. The molecule has 0 amide bonds. The predicted octanol–water partition coefficient (Wildman–Crippen LogP) is 2.12. The first kappa shape index (κ1) is 9.83. The summed E-state index contributed by atoms with van der Waals surface area (Å²) in [5.74, 6) is 0.187. The van der Waals surface area contributed by atoms with Gasteiger partial charge in [-0.3, -0.25) is 4.98 Å². The molecule has 0 saturated carbocycles. The number of alkyl halides is 2. The number of rotatable bonds is 2. The molecule has 0 atom stereocenters. The van der Waals surface area contributed by atoms with Gasteiger partial charge < -0.3 is 5.73 Å². The van der Waals surface area contributed by atoms with Crippen molar-refractivity contribution in [2.45, 2.75) is 26.2 Å². The average molecular weight is 187 g/mol. The van der Waals surface area contributed by atoms with Gasteiger partial charge in [0.1, 0.15) is 11.5 Å². The second-order valence-electron chi connectivity index (χ2n) is 3.02. The van der Waals surface area contributed by atoms with Gasteiger partial charge in [-0.15, -0.1) is 0 Å². The van der Waals surface area contributed by atoms with Gasteiger partial charge in [-0.25, -0.2) is 13.8 Å². The summed E-state index contributed by atoms with van der Waals surface area (Å²) >= 11 is 0. The van der Waals surface area contributed by atoms with Crippen LogP contribution in [-0.2, 0) is 0 Å². The topological polar surface area (TPSA) is 51.8 Å². The highest BCUT2D eigenvalue weighted by Crippen LogP contribution is 2.21. The summed E-state index contributed by atoms with van der Waals surface area (Å²) in [5, 5.41) is 0. The van der Waals surface area contributed by atoms with E-state index in [1.165, 1.54) is 0 Å². The summed E-state index contributed by atoms with van der Waals surface area (Å²) in [4.78, 5) is 7.39. The summed E-state index contributed by atoms with van der Waals surface area (Å²) in [6, 6.07) is 0. The number of aromatic nitrogens is 2. The molecule has 0 radical (unpaired) electrons. The molecule has 0 fully saturated rings. The molecule has 72 valence electrons. The predicted molar refractivity (Wildman–Crippen MR) is 45.5 cm³/mol. The van der Waals surface area contributed by atoms with E-state index >= 15 is 0 Å². The number of hydrogen-bond acceptors (Lipinski definition) is 3. The van der Waals surface area contributed by atoms with E-state index in [0.29, 0.717) is 5.69 Å². The van der Waals surface area contributed by atoms with Crippen LogP contribution in [-0.4, -0.2) is 9.97 Å². The minimum atomic E-state index is -2.61. The second-order valence-corrected chi connectivity index (χ2v) is 3.02. The van der Waals surface area contributed by atoms with Crippen LogP contribution in [0.3, 0.4) is 0 Å². The number of nitrogens with two attached hydrogens (primary N) is 1. The van der Waals surface area contributed by atoms with Crippen molar-refractivity contribution in [1.82, 2.24) is 9.97 Å². The summed E-state index contributed by atoms with van der Waals surface area (Å²) in [7, 11) is 0. The molecule has 0 spiro atoms. The summed E-state index contributed by atoms with van der Waals surface area (Å²) in [5.41, 5.74) is 5.64. The van der Waals surface area contributed by atoms with Crippen molar-refractivity contribution < 1.29 is 8.78 Å². The van der Waals surface area contributed by atoms with Crippen LogP contribution < -0.4 is 5.73 Å². The minimum Gasteiger partial charge on any atom is -0.382 e. The van der Waals surface area contributed by atoms with Crippen molar-refractivity contribution in [2.75, 3.05) is 5.73 Å². The van der Waals surface area contributed by atoms with E-state index in [2.05, 4.69) is 9.97 Å². The van der Waals surface area contributed by atoms with Crippen LogP contribution in [0.2, 0.25) is 0 Å². The maximum atomic E-state index is 12.1. The highest BCUT2D eigenvalue weighted by molar-refractivity contribution is 5.36. The third-order valence-electron chi connectivity index (χ3n) is 1.62. The van der Waals surface area contributed by atoms with Gasteiger partial charge in [0.15, 0.2) is 0 Å². The molecule has 0 aliphatic heterocycles. The molecule has 0 aromatic carbocycles. The first-order valence-corrected chi connectivity index (χ1v) is 3.92. The molecule has 3 nitrogen and oxygen atoms in total. The van der Waals surface area contributed by atoms with E-state index in [1.807, 2.05) is 13.8 Å². The van der Waals surface area contributed by atoms with E-state index in [9.17, 15) is 8.78 Å². The third-order valence-corrected chi connectivity index (χ3v) is 1.62. The Balaban J connectivity index is 3.06. The van der Waals surface area contributed by atoms with Crippen LogP contribution in [0.1, 0.15) is 37.6 Å². The van der Waals surface area contributed by atoms with Crippen LogP contribution in [0.4, 0.5) is 14.6 Å². The van der Waals surface area contributed by atoms with E-state index < -0.39 is 6.43 Å². The number of anilines is 1. The van der Waals surface area contributed by atoms with E-state index in [4.69, 9.17) is 5.73 Å². The Morgan fingerprint density at radius 1 is 1.38 bits per heavy atom. The first-order chi connectivity index (χ1) is 6.02. The third kappa shape index (κ3) is 2.11. The SMILES string of the molecule is CC(C)c1ncc(C(F)F)nc1N. The Hall–Kier alpha value is -1.26. The molecular weight excluding hydrogens is 176 g/mol. The Morgan fingerprint density at radius 2 is 2.00 bits per heavy atom. The lowest BCUT2D eigenvalue weighted by atomic mass is 10.1. The summed E-state index contributed by atoms with van der Waals surface area (Å²) in [6.45, 7) is 3.75. The maximum Gasteiger partial charge on any atom is 0.281 e. The van der Waals surface area contributed by atoms with Crippen LogP contribution in [0, 0.1) is 0 Å². The van der Waals surface area contributed by atoms with Crippen molar-refractivity contribution in [2.24, 2.45) is 0 Å². The van der Waals surface area contributed by atoms with Gasteiger partial charge in [0.05, 0.1) is 11.9 Å². The smallest absolute Gasteiger partial charge is 0.281 e. The zero-order valence-corrected chi connectivity index (χ0v) is 7.46. The average Bonchev–Trinajstić information content (AvgIpc) is 2.03. The molecule has 1 aromatic rings. The van der Waals surface area contributed by atoms with Crippen LogP contribution in [0.15, 0.2) is 6.20 Å². The molecule has 5 heteroatoms. The van der Waals surface area contributed by atoms with Crippen LogP contribution >= 0.6 is 0 Å². The monoisotopic (exact) mass is 187 g/mol. The Labute approximate surface area is 75.0 Å². The van der Waals surface area contributed by atoms with Crippen molar-refractivity contribution in [1.29, 1.82) is 0 Å². The summed E-state index contributed by atoms with van der Waals surface area (Å²) in [6.07, 6.45) is -1.55. The first-order valence-electron chi connectivity index (χ1n) is 3.92. The molecule has 0 saturated heterocycles. The molecule has 0 bridgehead atoms. The van der Waals surface area contributed by atoms with Crippen molar-refractivity contribution in [3.05, 3.63) is 17.6 Å². The van der Waals surface area contributed by atoms with Gasteiger partial charge in [-0.05, 0) is 5.92 Å². The number of nitrogen functional groups attached to an aromatic ring is 1. The number of halogens is 2. The maximum absolute atomic E-state index is 12.1. The molecule has 0 aliphatic rings. The van der Waals surface area contributed by atoms with Gasteiger partial charge in [-0.2, -0.15) is 0 Å². The number of nitrogens with zero attached hydrogens (tertiary/aromatic N) is 2. The lowest BCUT2D eigenvalue weighted by molar-refractivity contribution is 0.145. The van der Waals surface area contributed by atoms with E-state index in [1.54, 1.807) is 0 Å². The van der Waals surface area contributed by atoms with E-state index in [-0.39, 0.29) is 17.4 Å². The molecular formula is C8H11F2N3. The zero-order chi connectivity index (χ0) is 10.0. The molecule has 0 aliphatic carbocycles. The molecule has 2 N–H and O–H groups in total. The highest BCUT2D eigenvalue weighted by atomic mass is 19.3. The van der Waals surface area contributed by atoms with E-state index in [0.717, 1.165) is 6.20 Å². The fraction of sp³-hybridized carbons (Fsp3) is 0.500. The molecule has 1 aromatic heterocycles. The quantitative estimate of drug-likeness (QED) is 0.771. The van der Waals surface area contributed by atoms with Gasteiger partial charge in [0.2, 0.25) is 0 Å². The van der Waals surface area contributed by atoms with Crippen molar-refractivity contribution >= 4 is 5.82 Å². The molecule has 0 unspecified atom stereocenters. The fourth-order valence-corrected chi connectivity index (χ4v) is 0.977. The largest absolute Gasteiger partial charge is 0.382 e. The molecule has 13 heavy (non-hydrogen) atoms. The second kappa shape index (κ2) is 3.64. The molecule has 1 heterocycles. The van der Waals surface area contributed by atoms with Gasteiger partial charge in [-0.1, -0.05) is 13.8 Å². The van der Waals surface area contributed by atoms with Gasteiger partial charge >= 0.3 is 0 Å². The van der Waals surface area contributed by atoms with Gasteiger partial charge in [0, 0.05) is 0 Å². The highest BCUT2D eigenvalue weighted by Gasteiger charge is 2.13. The molecule has 1 rings (SSSR count). The Morgan fingerprint density at radius 3 is 2.38 bits per heavy atom. The Bertz CT molecular complexity index is 299. The normalized spacial score (nSPS) is 11.2. The lowest BCUT2D eigenvalue weighted by Gasteiger charge is -2.08. The van der Waals surface area contributed by atoms with Crippen LogP contribution in [0.5, 0.6) is 0 Å². The zero-order valence-electron chi connectivity index (χ0n) is 7.46. The fourth-order valence-electron chi connectivity index (χ4n) is 0.977. The standard InChI is InChI=1S/C8H11F2N3/c1-4(2)6-8(11)13-5(3-12-6)7(9)10/h3-4,7H,1-2H3,(H2,11,13). The van der Waals surface area contributed by atoms with Crippen LogP contribution in [0.25, 0.3) is 0 Å². The van der Waals surface area contributed by atoms with Crippen molar-refractivity contribution in [3.63, 3.8) is 0 Å². The number of hydrogen-bond donors (Lipinski definition) is 1. The summed E-state index contributed by atoms with van der Waals surface area (Å²) < 4.78 is 24.2. The van der Waals surface area contributed by atoms with Crippen molar-refractivity contribution in [3.8, 4) is 0 Å². The van der Waals surface area contributed by atoms with Gasteiger partial charge in [0.25, 0.3) is 6.43 Å². The lowest BCUT2D eigenvalue weighted by Crippen LogP contribution is -2.05. The minimum absolute atomic E-state index is 0.0906.